The fourth-order valence-corrected chi connectivity index (χ4v) is 3.15. The van der Waals surface area contributed by atoms with E-state index in [0.717, 1.165) is 17.3 Å². The molecule has 0 radical (unpaired) electrons. The van der Waals surface area contributed by atoms with Gasteiger partial charge in [-0.1, -0.05) is 18.2 Å². The van der Waals surface area contributed by atoms with Crippen LogP contribution in [0.3, 0.4) is 0 Å². The zero-order valence-electron chi connectivity index (χ0n) is 12.6. The van der Waals surface area contributed by atoms with Gasteiger partial charge in [0.2, 0.25) is 0 Å². The molecule has 0 fully saturated rings. The molecule has 21 heavy (non-hydrogen) atoms. The van der Waals surface area contributed by atoms with Crippen LogP contribution in [-0.4, -0.2) is 27.0 Å². The van der Waals surface area contributed by atoms with Crippen molar-refractivity contribution in [3.05, 3.63) is 54.1 Å². The summed E-state index contributed by atoms with van der Waals surface area (Å²) in [6.07, 6.45) is 0. The molecule has 0 aliphatic rings. The molecule has 0 spiro atoms. The molecule has 0 aliphatic heterocycles. The summed E-state index contributed by atoms with van der Waals surface area (Å²) >= 11 is 1.81. The van der Waals surface area contributed by atoms with E-state index in [2.05, 4.69) is 29.6 Å². The predicted octanol–water partition coefficient (Wildman–Crippen LogP) is 3.76. The fraction of sp³-hybridized carbons (Fsp3) is 0.294. The van der Waals surface area contributed by atoms with Crippen molar-refractivity contribution in [1.29, 1.82) is 0 Å². The first-order valence-electron chi connectivity index (χ1n) is 6.85. The predicted molar refractivity (Wildman–Crippen MR) is 88.5 cm³/mol. The lowest BCUT2D eigenvalue weighted by molar-refractivity contribution is 0.413. The molecular formula is C17H21NO2S. The number of hydrogen-bond donors (Lipinski definition) is 1. The Bertz CT molecular complexity index is 557. The van der Waals surface area contributed by atoms with E-state index in [4.69, 9.17) is 9.47 Å². The van der Waals surface area contributed by atoms with E-state index in [9.17, 15) is 0 Å². The number of methoxy groups -OCH3 is 2. The average molecular weight is 303 g/mol. The summed E-state index contributed by atoms with van der Waals surface area (Å²) in [6.45, 7) is 0. The topological polar surface area (TPSA) is 30.5 Å². The van der Waals surface area contributed by atoms with Crippen molar-refractivity contribution in [2.45, 2.75) is 10.9 Å². The first-order valence-corrected chi connectivity index (χ1v) is 7.83. The van der Waals surface area contributed by atoms with E-state index in [-0.39, 0.29) is 0 Å². The van der Waals surface area contributed by atoms with Gasteiger partial charge in [-0.25, -0.2) is 0 Å². The molecule has 1 atom stereocenters. The number of thioether (sulfide) groups is 1. The van der Waals surface area contributed by atoms with Crippen LogP contribution in [0.1, 0.15) is 11.6 Å². The van der Waals surface area contributed by atoms with Gasteiger partial charge in [-0.3, -0.25) is 0 Å². The van der Waals surface area contributed by atoms with Gasteiger partial charge in [0.05, 0.1) is 14.2 Å². The van der Waals surface area contributed by atoms with Crippen LogP contribution in [0, 0.1) is 0 Å². The summed E-state index contributed by atoms with van der Waals surface area (Å²) in [5.41, 5.74) is 1.26. The third-order valence-corrected chi connectivity index (χ3v) is 4.41. The molecule has 4 heteroatoms. The minimum absolute atomic E-state index is 0.298. The summed E-state index contributed by atoms with van der Waals surface area (Å²) in [6, 6.07) is 16.6. The molecule has 0 aromatic heterocycles. The van der Waals surface area contributed by atoms with Gasteiger partial charge in [-0.15, -0.1) is 11.8 Å². The first-order chi connectivity index (χ1) is 10.3. The van der Waals surface area contributed by atoms with Crippen LogP contribution in [0.4, 0.5) is 0 Å². The Labute approximate surface area is 130 Å². The summed E-state index contributed by atoms with van der Waals surface area (Å²) in [5, 5.41) is 3.36. The molecule has 1 N–H and O–H groups in total. The molecule has 0 bridgehead atoms. The lowest BCUT2D eigenvalue weighted by Gasteiger charge is -2.17. The highest BCUT2D eigenvalue weighted by Crippen LogP contribution is 2.27. The van der Waals surface area contributed by atoms with Gasteiger partial charge in [0.15, 0.2) is 0 Å². The quantitative estimate of drug-likeness (QED) is 0.789. The Morgan fingerprint density at radius 3 is 2.33 bits per heavy atom. The number of hydrogen-bond acceptors (Lipinski definition) is 4. The van der Waals surface area contributed by atoms with Crippen molar-refractivity contribution < 1.29 is 9.47 Å². The van der Waals surface area contributed by atoms with Crippen LogP contribution in [0.15, 0.2) is 53.4 Å². The lowest BCUT2D eigenvalue weighted by atomic mass is 10.1. The van der Waals surface area contributed by atoms with Gasteiger partial charge >= 0.3 is 0 Å². The molecule has 3 nitrogen and oxygen atoms in total. The summed E-state index contributed by atoms with van der Waals surface area (Å²) in [7, 11) is 5.36. The van der Waals surface area contributed by atoms with Gasteiger partial charge in [-0.2, -0.15) is 0 Å². The smallest absolute Gasteiger partial charge is 0.119 e. The second-order valence-electron chi connectivity index (χ2n) is 4.60. The highest BCUT2D eigenvalue weighted by Gasteiger charge is 2.10. The number of rotatable bonds is 7. The summed E-state index contributed by atoms with van der Waals surface area (Å²) in [5.74, 6) is 2.73. The number of ether oxygens (including phenoxy) is 2. The molecule has 2 rings (SSSR count). The summed E-state index contributed by atoms with van der Waals surface area (Å²) < 4.78 is 10.5. The number of nitrogens with one attached hydrogen (secondary N) is 1. The van der Waals surface area contributed by atoms with E-state index < -0.39 is 0 Å². The zero-order valence-corrected chi connectivity index (χ0v) is 13.4. The Morgan fingerprint density at radius 2 is 1.71 bits per heavy atom. The SMILES string of the molecule is CNC(CSc1cccc(OC)c1)c1ccc(OC)cc1. The Kier molecular flexibility index (Phi) is 5.96. The van der Waals surface area contributed by atoms with E-state index in [1.54, 1.807) is 14.2 Å². The van der Waals surface area contributed by atoms with Crippen molar-refractivity contribution >= 4 is 11.8 Å². The van der Waals surface area contributed by atoms with Crippen LogP contribution in [-0.2, 0) is 0 Å². The van der Waals surface area contributed by atoms with Gasteiger partial charge in [-0.05, 0) is 42.9 Å². The van der Waals surface area contributed by atoms with Gasteiger partial charge in [0.25, 0.3) is 0 Å². The maximum Gasteiger partial charge on any atom is 0.119 e. The standard InChI is InChI=1S/C17H21NO2S/c1-18-17(13-7-9-14(19-2)10-8-13)12-21-16-6-4-5-15(11-16)20-3/h4-11,17-18H,12H2,1-3H3. The second kappa shape index (κ2) is 7.96. The molecule has 2 aromatic carbocycles. The second-order valence-corrected chi connectivity index (χ2v) is 5.70. The largest absolute Gasteiger partial charge is 0.497 e. The Hall–Kier alpha value is -1.65. The maximum absolute atomic E-state index is 5.26. The third-order valence-electron chi connectivity index (χ3n) is 3.32. The highest BCUT2D eigenvalue weighted by molar-refractivity contribution is 7.99. The molecule has 2 aromatic rings. The monoisotopic (exact) mass is 303 g/mol. The molecule has 0 amide bonds. The van der Waals surface area contributed by atoms with E-state index in [0.29, 0.717) is 6.04 Å². The van der Waals surface area contributed by atoms with Crippen molar-refractivity contribution in [3.8, 4) is 11.5 Å². The van der Waals surface area contributed by atoms with Crippen molar-refractivity contribution in [2.24, 2.45) is 0 Å². The van der Waals surface area contributed by atoms with E-state index in [1.165, 1.54) is 10.5 Å². The van der Waals surface area contributed by atoms with Crippen LogP contribution in [0.5, 0.6) is 11.5 Å². The van der Waals surface area contributed by atoms with Crippen molar-refractivity contribution in [2.75, 3.05) is 27.0 Å². The minimum atomic E-state index is 0.298. The Balaban J connectivity index is 2.01. The van der Waals surface area contributed by atoms with Crippen LogP contribution in [0.25, 0.3) is 0 Å². The Morgan fingerprint density at radius 1 is 1.00 bits per heavy atom. The molecule has 0 saturated heterocycles. The zero-order chi connectivity index (χ0) is 15.1. The molecule has 0 heterocycles. The van der Waals surface area contributed by atoms with Gasteiger partial charge < -0.3 is 14.8 Å². The normalized spacial score (nSPS) is 12.0. The minimum Gasteiger partial charge on any atom is -0.497 e. The van der Waals surface area contributed by atoms with Crippen LogP contribution in [0.2, 0.25) is 0 Å². The number of benzene rings is 2. The lowest BCUT2D eigenvalue weighted by Crippen LogP contribution is -2.18. The average Bonchev–Trinajstić information content (AvgIpc) is 2.56. The first kappa shape index (κ1) is 15.7. The summed E-state index contributed by atoms with van der Waals surface area (Å²) in [4.78, 5) is 1.21. The van der Waals surface area contributed by atoms with Crippen LogP contribution >= 0.6 is 11.8 Å². The molecule has 0 aliphatic carbocycles. The maximum atomic E-state index is 5.26. The molecule has 0 saturated carbocycles. The molecule has 112 valence electrons. The third kappa shape index (κ3) is 4.41. The van der Waals surface area contributed by atoms with Crippen molar-refractivity contribution in [3.63, 3.8) is 0 Å². The van der Waals surface area contributed by atoms with Crippen molar-refractivity contribution in [1.82, 2.24) is 5.32 Å². The molecule has 1 unspecified atom stereocenters. The van der Waals surface area contributed by atoms with E-state index >= 15 is 0 Å². The van der Waals surface area contributed by atoms with Crippen LogP contribution < -0.4 is 14.8 Å². The van der Waals surface area contributed by atoms with E-state index in [1.807, 2.05) is 43.1 Å². The fourth-order valence-electron chi connectivity index (χ4n) is 2.05. The van der Waals surface area contributed by atoms with Gasteiger partial charge in [0.1, 0.15) is 11.5 Å². The highest BCUT2D eigenvalue weighted by atomic mass is 32.2. The molecular weight excluding hydrogens is 282 g/mol. The van der Waals surface area contributed by atoms with Gasteiger partial charge in [0, 0.05) is 16.7 Å².